The van der Waals surface area contributed by atoms with Crippen molar-refractivity contribution < 1.29 is 29.7 Å². The lowest BCUT2D eigenvalue weighted by Gasteiger charge is -2.37. The Kier molecular flexibility index (Phi) is 26.3. The largest absolute Gasteiger partial charge is 0.481 e. The fourth-order valence-electron chi connectivity index (χ4n) is 1.93. The molecule has 0 atom stereocenters. The van der Waals surface area contributed by atoms with Crippen molar-refractivity contribution in [3.63, 3.8) is 0 Å². The molecule has 0 unspecified atom stereocenters. The third kappa shape index (κ3) is 20.7. The van der Waals surface area contributed by atoms with Crippen molar-refractivity contribution in [3.05, 3.63) is 0 Å². The van der Waals surface area contributed by atoms with Gasteiger partial charge in [0.2, 0.25) is 0 Å². The molecule has 0 heterocycles. The molecular weight excluding hydrogens is 549 g/mol. The molecule has 1 aliphatic rings. The molecule has 12 heteroatoms. The van der Waals surface area contributed by atoms with Gasteiger partial charge >= 0.3 is 17.9 Å². The quantitative estimate of drug-likeness (QED) is 0.209. The highest BCUT2D eigenvalue weighted by molar-refractivity contribution is 6.45. The fourth-order valence-corrected chi connectivity index (χ4v) is 4.26. The average Bonchev–Trinajstić information content (AvgIpc) is 2.75. The summed E-state index contributed by atoms with van der Waals surface area (Å²) in [6, 6.07) is 0. The zero-order valence-corrected chi connectivity index (χ0v) is 23.0. The van der Waals surface area contributed by atoms with E-state index >= 15 is 0 Å². The van der Waals surface area contributed by atoms with Crippen LogP contribution in [0.4, 0.5) is 0 Å². The Bertz CT molecular complexity index is 438. The molecule has 1 aliphatic carbocycles. The maximum absolute atomic E-state index is 10.0. The molecule has 1 saturated carbocycles. The maximum atomic E-state index is 10.0. The minimum atomic E-state index is -0.745. The van der Waals surface area contributed by atoms with Gasteiger partial charge in [-0.05, 0) is 6.42 Å². The number of halogens is 6. The SMILES string of the molecule is CCC(=O)O.CCC(=O)O.CCCCCCCC(=O)O.Cl[C@H]1[C@H](Cl)[C@@H](Cl)[C@@H](Cl)[C@H](Cl)[C@H]1Cl. The number of unbranched alkanes of at least 4 members (excludes halogenated alkanes) is 4. The molecule has 32 heavy (non-hydrogen) atoms. The van der Waals surface area contributed by atoms with Gasteiger partial charge in [-0.3, -0.25) is 14.4 Å². The second-order valence-corrected chi connectivity index (χ2v) is 9.74. The van der Waals surface area contributed by atoms with Gasteiger partial charge in [0.1, 0.15) is 0 Å². The highest BCUT2D eigenvalue weighted by Gasteiger charge is 2.46. The lowest BCUT2D eigenvalue weighted by molar-refractivity contribution is -0.138. The number of hydrogen-bond acceptors (Lipinski definition) is 3. The normalized spacial score (nSPS) is 26.2. The molecule has 0 amide bonds. The summed E-state index contributed by atoms with van der Waals surface area (Å²) in [5.74, 6) is -2.16. The summed E-state index contributed by atoms with van der Waals surface area (Å²) in [6.45, 7) is 5.35. The summed E-state index contributed by atoms with van der Waals surface area (Å²) in [4.78, 5) is 28.8. The van der Waals surface area contributed by atoms with Crippen LogP contribution in [0, 0.1) is 0 Å². The molecule has 1 rings (SSSR count). The van der Waals surface area contributed by atoms with Crippen LogP contribution in [0.25, 0.3) is 0 Å². The maximum Gasteiger partial charge on any atom is 0.303 e. The number of carboxylic acid groups (broad SMARTS) is 3. The Morgan fingerprint density at radius 2 is 0.781 bits per heavy atom. The predicted molar refractivity (Wildman–Crippen MR) is 135 cm³/mol. The van der Waals surface area contributed by atoms with Gasteiger partial charge in [-0.1, -0.05) is 46.5 Å². The molecule has 1 fully saturated rings. The van der Waals surface area contributed by atoms with Gasteiger partial charge in [0, 0.05) is 19.3 Å². The van der Waals surface area contributed by atoms with Gasteiger partial charge in [0.15, 0.2) is 0 Å². The topological polar surface area (TPSA) is 112 Å². The first-order chi connectivity index (χ1) is 14.8. The minimum Gasteiger partial charge on any atom is -0.481 e. The fraction of sp³-hybridized carbons (Fsp3) is 0.850. The molecule has 0 bridgehead atoms. The van der Waals surface area contributed by atoms with E-state index in [0.717, 1.165) is 12.8 Å². The predicted octanol–water partition coefficient (Wildman–Crippen LogP) is 7.04. The Hall–Kier alpha value is 0.150. The van der Waals surface area contributed by atoms with Gasteiger partial charge in [-0.25, -0.2) is 0 Å². The average molecular weight is 583 g/mol. The van der Waals surface area contributed by atoms with Crippen LogP contribution >= 0.6 is 69.6 Å². The lowest BCUT2D eigenvalue weighted by Crippen LogP contribution is -2.52. The summed E-state index contributed by atoms with van der Waals surface area (Å²) >= 11 is 35.3. The molecule has 0 radical (unpaired) electrons. The van der Waals surface area contributed by atoms with E-state index in [4.69, 9.17) is 84.9 Å². The van der Waals surface area contributed by atoms with Crippen LogP contribution in [0.15, 0.2) is 0 Å². The van der Waals surface area contributed by atoms with Gasteiger partial charge in [0.05, 0.1) is 32.3 Å². The summed E-state index contributed by atoms with van der Waals surface area (Å²) < 4.78 is 0. The van der Waals surface area contributed by atoms with Gasteiger partial charge < -0.3 is 15.3 Å². The number of carbonyl (C=O) groups is 3. The minimum absolute atomic E-state index is 0.222. The first-order valence-corrected chi connectivity index (χ1v) is 12.9. The molecule has 0 aromatic carbocycles. The van der Waals surface area contributed by atoms with Crippen LogP contribution in [-0.2, 0) is 14.4 Å². The first kappa shape index (κ1) is 36.7. The van der Waals surface area contributed by atoms with Crippen LogP contribution < -0.4 is 0 Å². The second-order valence-electron chi connectivity index (χ2n) is 6.72. The second kappa shape index (κ2) is 22.9. The first-order valence-electron chi connectivity index (χ1n) is 10.3. The van der Waals surface area contributed by atoms with Crippen LogP contribution in [0.2, 0.25) is 0 Å². The van der Waals surface area contributed by atoms with Gasteiger partial charge in [0.25, 0.3) is 0 Å². The molecule has 0 spiro atoms. The Labute approximate surface area is 220 Å². The third-order valence-corrected chi connectivity index (χ3v) is 7.96. The third-order valence-electron chi connectivity index (χ3n) is 3.92. The number of carboxylic acids is 3. The summed E-state index contributed by atoms with van der Waals surface area (Å²) in [6.07, 6.45) is 6.33. The Balaban J connectivity index is -0.000000379. The van der Waals surface area contributed by atoms with E-state index in [1.165, 1.54) is 19.3 Å². The van der Waals surface area contributed by atoms with E-state index in [9.17, 15) is 14.4 Å². The van der Waals surface area contributed by atoms with E-state index in [0.29, 0.717) is 6.42 Å². The molecule has 6 nitrogen and oxygen atoms in total. The molecular formula is C20H34Cl6O6. The number of rotatable bonds is 8. The zero-order chi connectivity index (χ0) is 25.9. The van der Waals surface area contributed by atoms with Crippen LogP contribution in [0.1, 0.15) is 72.1 Å². The van der Waals surface area contributed by atoms with Crippen molar-refractivity contribution in [3.8, 4) is 0 Å². The molecule has 0 saturated heterocycles. The van der Waals surface area contributed by atoms with E-state index in [-0.39, 0.29) is 12.8 Å². The van der Waals surface area contributed by atoms with Crippen molar-refractivity contribution in [1.82, 2.24) is 0 Å². The number of alkyl halides is 6. The van der Waals surface area contributed by atoms with Gasteiger partial charge in [-0.15, -0.1) is 69.6 Å². The van der Waals surface area contributed by atoms with E-state index in [1.54, 1.807) is 13.8 Å². The number of aliphatic carboxylic acids is 3. The van der Waals surface area contributed by atoms with Crippen molar-refractivity contribution in [1.29, 1.82) is 0 Å². The summed E-state index contributed by atoms with van der Waals surface area (Å²) in [5, 5.41) is 21.1. The molecule has 192 valence electrons. The van der Waals surface area contributed by atoms with Crippen molar-refractivity contribution >= 4 is 87.5 Å². The molecule has 0 aromatic heterocycles. The van der Waals surface area contributed by atoms with Gasteiger partial charge in [-0.2, -0.15) is 0 Å². The zero-order valence-electron chi connectivity index (χ0n) is 18.5. The summed E-state index contributed by atoms with van der Waals surface area (Å²) in [5.41, 5.74) is 0. The molecule has 0 aliphatic heterocycles. The number of hydrogen-bond donors (Lipinski definition) is 3. The highest BCUT2D eigenvalue weighted by atomic mass is 35.5. The van der Waals surface area contributed by atoms with Crippen molar-refractivity contribution in [2.75, 3.05) is 0 Å². The molecule has 3 N–H and O–H groups in total. The lowest BCUT2D eigenvalue weighted by atomic mass is 9.97. The highest BCUT2D eigenvalue weighted by Crippen LogP contribution is 2.39. The van der Waals surface area contributed by atoms with E-state index in [2.05, 4.69) is 6.92 Å². The Morgan fingerprint density at radius 3 is 0.969 bits per heavy atom. The van der Waals surface area contributed by atoms with Crippen LogP contribution in [-0.4, -0.2) is 65.5 Å². The van der Waals surface area contributed by atoms with Crippen LogP contribution in [0.3, 0.4) is 0 Å². The smallest absolute Gasteiger partial charge is 0.303 e. The molecule has 0 aromatic rings. The van der Waals surface area contributed by atoms with E-state index < -0.39 is 50.2 Å². The van der Waals surface area contributed by atoms with Crippen molar-refractivity contribution in [2.24, 2.45) is 0 Å². The Morgan fingerprint density at radius 1 is 0.531 bits per heavy atom. The summed E-state index contributed by atoms with van der Waals surface area (Å²) in [7, 11) is 0. The van der Waals surface area contributed by atoms with Crippen LogP contribution in [0.5, 0.6) is 0 Å². The monoisotopic (exact) mass is 580 g/mol. The van der Waals surface area contributed by atoms with E-state index in [1.807, 2.05) is 0 Å². The van der Waals surface area contributed by atoms with Crippen molar-refractivity contribution in [2.45, 2.75) is 104 Å². The standard InChI is InChI=1S/C8H16O2.C6H6Cl6.2C3H6O2/c1-2-3-4-5-6-7-8(9)10;7-1-2(8)4(10)6(12)5(11)3(1)9;2*1-2-3(4)5/h2-7H2,1H3,(H,9,10);1-6H;2*2H2,1H3,(H,4,5)/t;1-,2-,3-,4+,5+,6+;;.